The first-order chi connectivity index (χ1) is 9.13. The highest BCUT2D eigenvalue weighted by Crippen LogP contribution is 2.40. The third-order valence-corrected chi connectivity index (χ3v) is 2.67. The number of nitrogens with zero attached hydrogens (tertiary/aromatic N) is 1. The maximum atomic E-state index is 11.8. The van der Waals surface area contributed by atoms with Crippen LogP contribution in [0.25, 0.3) is 0 Å². The smallest absolute Gasteiger partial charge is 0.421 e. The fourth-order valence-electron chi connectivity index (χ4n) is 1.63. The summed E-state index contributed by atoms with van der Waals surface area (Å²) in [5.74, 6) is 0.869. The standard InChI is InChI=1S/C13H15NO5/c1-3-5-11(15)14(2)13(16)19-10-7-4-6-9-12(10)18-8-17-9/h4,6-7H,3,5,8H2,1-2H3. The predicted molar refractivity (Wildman–Crippen MR) is 66.3 cm³/mol. The van der Waals surface area contributed by atoms with Gasteiger partial charge < -0.3 is 14.2 Å². The topological polar surface area (TPSA) is 65.1 Å². The lowest BCUT2D eigenvalue weighted by molar-refractivity contribution is -0.127. The van der Waals surface area contributed by atoms with E-state index in [4.69, 9.17) is 14.2 Å². The van der Waals surface area contributed by atoms with Crippen LogP contribution in [0.5, 0.6) is 17.2 Å². The lowest BCUT2D eigenvalue weighted by atomic mass is 10.3. The highest BCUT2D eigenvalue weighted by atomic mass is 16.7. The highest BCUT2D eigenvalue weighted by Gasteiger charge is 2.23. The van der Waals surface area contributed by atoms with Crippen molar-refractivity contribution in [3.05, 3.63) is 18.2 Å². The van der Waals surface area contributed by atoms with Crippen LogP contribution in [-0.4, -0.2) is 30.7 Å². The zero-order chi connectivity index (χ0) is 13.8. The van der Waals surface area contributed by atoms with E-state index in [1.807, 2.05) is 6.92 Å². The van der Waals surface area contributed by atoms with Crippen LogP contribution in [-0.2, 0) is 4.79 Å². The number of para-hydroxylation sites is 1. The molecule has 0 spiro atoms. The van der Waals surface area contributed by atoms with Gasteiger partial charge in [0.2, 0.25) is 18.4 Å². The van der Waals surface area contributed by atoms with Crippen LogP contribution in [0.3, 0.4) is 0 Å². The van der Waals surface area contributed by atoms with Crippen LogP contribution in [0.4, 0.5) is 4.79 Å². The van der Waals surface area contributed by atoms with E-state index in [-0.39, 0.29) is 18.4 Å². The summed E-state index contributed by atoms with van der Waals surface area (Å²) in [5, 5.41) is 0. The van der Waals surface area contributed by atoms with Gasteiger partial charge in [0.25, 0.3) is 0 Å². The Balaban J connectivity index is 2.07. The van der Waals surface area contributed by atoms with E-state index in [0.717, 1.165) is 4.90 Å². The molecule has 0 fully saturated rings. The van der Waals surface area contributed by atoms with Gasteiger partial charge in [0.15, 0.2) is 11.5 Å². The van der Waals surface area contributed by atoms with Gasteiger partial charge in [-0.2, -0.15) is 0 Å². The van der Waals surface area contributed by atoms with Gasteiger partial charge in [0, 0.05) is 13.5 Å². The maximum absolute atomic E-state index is 11.8. The molecule has 0 saturated carbocycles. The van der Waals surface area contributed by atoms with Gasteiger partial charge in [-0.25, -0.2) is 4.79 Å². The molecule has 6 nitrogen and oxygen atoms in total. The third-order valence-electron chi connectivity index (χ3n) is 2.67. The molecule has 0 radical (unpaired) electrons. The van der Waals surface area contributed by atoms with Crippen LogP contribution in [0.15, 0.2) is 18.2 Å². The summed E-state index contributed by atoms with van der Waals surface area (Å²) in [6.45, 7) is 1.96. The molecule has 1 aromatic carbocycles. The van der Waals surface area contributed by atoms with Crippen LogP contribution in [0, 0.1) is 0 Å². The fourth-order valence-corrected chi connectivity index (χ4v) is 1.63. The van der Waals surface area contributed by atoms with Crippen molar-refractivity contribution in [2.24, 2.45) is 0 Å². The van der Waals surface area contributed by atoms with Gasteiger partial charge in [-0.15, -0.1) is 0 Å². The normalized spacial score (nSPS) is 12.1. The number of benzene rings is 1. The van der Waals surface area contributed by atoms with Crippen molar-refractivity contribution in [2.75, 3.05) is 13.8 Å². The molecule has 1 heterocycles. The minimum Gasteiger partial charge on any atom is -0.453 e. The van der Waals surface area contributed by atoms with E-state index in [1.54, 1.807) is 18.2 Å². The molecule has 1 aliphatic heterocycles. The Morgan fingerprint density at radius 3 is 2.89 bits per heavy atom. The Kier molecular flexibility index (Phi) is 3.89. The average Bonchev–Trinajstić information content (AvgIpc) is 2.87. The van der Waals surface area contributed by atoms with E-state index < -0.39 is 6.09 Å². The first kappa shape index (κ1) is 13.2. The summed E-state index contributed by atoms with van der Waals surface area (Å²) < 4.78 is 15.5. The van der Waals surface area contributed by atoms with Gasteiger partial charge in [-0.05, 0) is 18.6 Å². The number of amides is 2. The van der Waals surface area contributed by atoms with Crippen molar-refractivity contribution in [3.8, 4) is 17.2 Å². The maximum Gasteiger partial charge on any atom is 0.421 e. The van der Waals surface area contributed by atoms with Gasteiger partial charge in [0.05, 0.1) is 0 Å². The minimum atomic E-state index is -0.734. The molecule has 0 atom stereocenters. The number of hydrogen-bond donors (Lipinski definition) is 0. The number of imide groups is 1. The van der Waals surface area contributed by atoms with Gasteiger partial charge in [0.1, 0.15) is 0 Å². The Morgan fingerprint density at radius 2 is 2.16 bits per heavy atom. The van der Waals surface area contributed by atoms with Crippen LogP contribution in [0.1, 0.15) is 19.8 Å². The van der Waals surface area contributed by atoms with Crippen molar-refractivity contribution in [1.82, 2.24) is 4.90 Å². The van der Waals surface area contributed by atoms with Crippen LogP contribution < -0.4 is 14.2 Å². The Labute approximate surface area is 110 Å². The molecule has 0 aromatic heterocycles. The zero-order valence-electron chi connectivity index (χ0n) is 10.8. The van der Waals surface area contributed by atoms with Crippen LogP contribution >= 0.6 is 0 Å². The molecule has 1 aromatic rings. The summed E-state index contributed by atoms with van der Waals surface area (Å²) >= 11 is 0. The molecule has 6 heteroatoms. The summed E-state index contributed by atoms with van der Waals surface area (Å²) in [6, 6.07) is 4.99. The van der Waals surface area contributed by atoms with Crippen molar-refractivity contribution < 1.29 is 23.8 Å². The molecule has 0 saturated heterocycles. The lowest BCUT2D eigenvalue weighted by Crippen LogP contribution is -2.35. The second-order valence-electron chi connectivity index (χ2n) is 4.06. The fraction of sp³-hybridized carbons (Fsp3) is 0.385. The SMILES string of the molecule is CCCC(=O)N(C)C(=O)Oc1cccc2c1OCO2. The van der Waals surface area contributed by atoms with Crippen molar-refractivity contribution >= 4 is 12.0 Å². The highest BCUT2D eigenvalue weighted by molar-refractivity contribution is 5.92. The molecular weight excluding hydrogens is 250 g/mol. The third kappa shape index (κ3) is 2.78. The summed E-state index contributed by atoms with van der Waals surface area (Å²) in [4.78, 5) is 24.3. The number of hydrogen-bond acceptors (Lipinski definition) is 5. The predicted octanol–water partition coefficient (Wildman–Crippen LogP) is 2.17. The summed E-state index contributed by atoms with van der Waals surface area (Å²) in [7, 11) is 1.39. The number of ether oxygens (including phenoxy) is 3. The van der Waals surface area contributed by atoms with Crippen LogP contribution in [0.2, 0.25) is 0 Å². The molecule has 19 heavy (non-hydrogen) atoms. The second-order valence-corrected chi connectivity index (χ2v) is 4.06. The average molecular weight is 265 g/mol. The Bertz CT molecular complexity index is 500. The number of rotatable bonds is 3. The molecule has 2 rings (SSSR count). The number of carbonyl (C=O) groups is 2. The number of carbonyl (C=O) groups excluding carboxylic acids is 2. The lowest BCUT2D eigenvalue weighted by Gasteiger charge is -2.15. The molecule has 1 aliphatic rings. The van der Waals surface area contributed by atoms with E-state index >= 15 is 0 Å². The summed E-state index contributed by atoms with van der Waals surface area (Å²) in [6.07, 6.45) is 0.244. The van der Waals surface area contributed by atoms with E-state index in [0.29, 0.717) is 24.3 Å². The number of fused-ring (bicyclic) bond motifs is 1. The molecule has 0 unspecified atom stereocenters. The summed E-state index contributed by atoms with van der Waals surface area (Å²) in [5.41, 5.74) is 0. The first-order valence-electron chi connectivity index (χ1n) is 6.00. The van der Waals surface area contributed by atoms with Crippen molar-refractivity contribution in [2.45, 2.75) is 19.8 Å². The monoisotopic (exact) mass is 265 g/mol. The quantitative estimate of drug-likeness (QED) is 0.838. The van der Waals surface area contributed by atoms with E-state index in [1.165, 1.54) is 7.05 Å². The van der Waals surface area contributed by atoms with Crippen molar-refractivity contribution in [1.29, 1.82) is 0 Å². The van der Waals surface area contributed by atoms with E-state index in [9.17, 15) is 9.59 Å². The molecule has 0 aliphatic carbocycles. The molecule has 2 amide bonds. The minimum absolute atomic E-state index is 0.0918. The zero-order valence-corrected chi connectivity index (χ0v) is 10.8. The van der Waals surface area contributed by atoms with Crippen molar-refractivity contribution in [3.63, 3.8) is 0 Å². The molecule has 0 bridgehead atoms. The largest absolute Gasteiger partial charge is 0.453 e. The van der Waals surface area contributed by atoms with E-state index in [2.05, 4.69) is 0 Å². The molecule has 102 valence electrons. The molecule has 0 N–H and O–H groups in total. The van der Waals surface area contributed by atoms with Gasteiger partial charge >= 0.3 is 6.09 Å². The first-order valence-corrected chi connectivity index (χ1v) is 6.00. The Morgan fingerprint density at radius 1 is 1.37 bits per heavy atom. The van der Waals surface area contributed by atoms with Gasteiger partial charge in [-0.1, -0.05) is 13.0 Å². The second kappa shape index (κ2) is 5.60. The van der Waals surface area contributed by atoms with Gasteiger partial charge in [-0.3, -0.25) is 9.69 Å². The molecular formula is C13H15NO5. The Hall–Kier alpha value is -2.24.